The molecule has 1 unspecified atom stereocenters. The maximum atomic E-state index is 12.4. The number of H-pyrrole nitrogens is 1. The average molecular weight is 337 g/mol. The van der Waals surface area contributed by atoms with E-state index in [-0.39, 0.29) is 5.91 Å². The Morgan fingerprint density at radius 2 is 2.08 bits per heavy atom. The SMILES string of the molecule is O=C(NCC1CCCN(c2ncccn2)C1)c1ccc2n[nH]nc2c1. The largest absolute Gasteiger partial charge is 0.352 e. The predicted molar refractivity (Wildman–Crippen MR) is 93.2 cm³/mol. The summed E-state index contributed by atoms with van der Waals surface area (Å²) in [4.78, 5) is 23.2. The Labute approximate surface area is 144 Å². The lowest BCUT2D eigenvalue weighted by molar-refractivity contribution is 0.0945. The number of piperidine rings is 1. The molecule has 1 atom stereocenters. The molecule has 2 N–H and O–H groups in total. The molecule has 3 heterocycles. The van der Waals surface area contributed by atoms with Gasteiger partial charge in [-0.25, -0.2) is 9.97 Å². The summed E-state index contributed by atoms with van der Waals surface area (Å²) < 4.78 is 0. The van der Waals surface area contributed by atoms with Crippen LogP contribution in [-0.2, 0) is 0 Å². The fourth-order valence-electron chi connectivity index (χ4n) is 3.19. The topological polar surface area (TPSA) is 99.7 Å². The van der Waals surface area contributed by atoms with Gasteiger partial charge in [0.25, 0.3) is 5.91 Å². The maximum Gasteiger partial charge on any atom is 0.251 e. The van der Waals surface area contributed by atoms with Crippen molar-refractivity contribution in [1.82, 2.24) is 30.7 Å². The van der Waals surface area contributed by atoms with Gasteiger partial charge in [0.2, 0.25) is 5.95 Å². The van der Waals surface area contributed by atoms with Gasteiger partial charge in [0, 0.05) is 37.6 Å². The lowest BCUT2D eigenvalue weighted by Crippen LogP contribution is -2.41. The quantitative estimate of drug-likeness (QED) is 0.746. The molecule has 8 nitrogen and oxygen atoms in total. The zero-order valence-electron chi connectivity index (χ0n) is 13.7. The van der Waals surface area contributed by atoms with E-state index in [2.05, 4.69) is 35.6 Å². The number of hydrogen-bond donors (Lipinski definition) is 2. The van der Waals surface area contributed by atoms with Gasteiger partial charge >= 0.3 is 0 Å². The van der Waals surface area contributed by atoms with Crippen LogP contribution in [-0.4, -0.2) is 50.9 Å². The molecule has 1 saturated heterocycles. The number of aromatic amines is 1. The van der Waals surface area contributed by atoms with E-state index in [1.54, 1.807) is 30.6 Å². The molecular formula is C17H19N7O. The van der Waals surface area contributed by atoms with Gasteiger partial charge in [0.1, 0.15) is 11.0 Å². The molecule has 0 spiro atoms. The van der Waals surface area contributed by atoms with Crippen molar-refractivity contribution in [2.75, 3.05) is 24.5 Å². The van der Waals surface area contributed by atoms with Crippen molar-refractivity contribution in [3.63, 3.8) is 0 Å². The molecular weight excluding hydrogens is 318 g/mol. The first-order valence-electron chi connectivity index (χ1n) is 8.40. The van der Waals surface area contributed by atoms with E-state index in [4.69, 9.17) is 0 Å². The highest BCUT2D eigenvalue weighted by atomic mass is 16.1. The van der Waals surface area contributed by atoms with Crippen LogP contribution in [0.3, 0.4) is 0 Å². The Kier molecular flexibility index (Phi) is 4.24. The Morgan fingerprint density at radius 1 is 1.24 bits per heavy atom. The number of carbonyl (C=O) groups is 1. The summed E-state index contributed by atoms with van der Waals surface area (Å²) >= 11 is 0. The van der Waals surface area contributed by atoms with Crippen molar-refractivity contribution in [3.8, 4) is 0 Å². The number of anilines is 1. The Morgan fingerprint density at radius 3 is 2.96 bits per heavy atom. The van der Waals surface area contributed by atoms with Crippen molar-refractivity contribution < 1.29 is 4.79 Å². The van der Waals surface area contributed by atoms with E-state index in [0.29, 0.717) is 23.5 Å². The average Bonchev–Trinajstić information content (AvgIpc) is 3.15. The highest BCUT2D eigenvalue weighted by molar-refractivity contribution is 5.97. The third-order valence-corrected chi connectivity index (χ3v) is 4.48. The van der Waals surface area contributed by atoms with Crippen molar-refractivity contribution >= 4 is 22.9 Å². The minimum absolute atomic E-state index is 0.0852. The fraction of sp³-hybridized carbons (Fsp3) is 0.353. The van der Waals surface area contributed by atoms with Crippen LogP contribution < -0.4 is 10.2 Å². The number of nitrogens with zero attached hydrogens (tertiary/aromatic N) is 5. The van der Waals surface area contributed by atoms with Crippen LogP contribution in [0.5, 0.6) is 0 Å². The second kappa shape index (κ2) is 6.84. The minimum Gasteiger partial charge on any atom is -0.352 e. The van der Waals surface area contributed by atoms with Gasteiger partial charge in [-0.05, 0) is 43.0 Å². The molecule has 128 valence electrons. The number of nitrogens with one attached hydrogen (secondary N) is 2. The second-order valence-electron chi connectivity index (χ2n) is 6.24. The zero-order chi connectivity index (χ0) is 17.1. The van der Waals surface area contributed by atoms with E-state index in [9.17, 15) is 4.79 Å². The first-order chi connectivity index (χ1) is 12.3. The van der Waals surface area contributed by atoms with E-state index < -0.39 is 0 Å². The summed E-state index contributed by atoms with van der Waals surface area (Å²) in [5.41, 5.74) is 2.04. The van der Waals surface area contributed by atoms with Gasteiger partial charge in [-0.15, -0.1) is 0 Å². The third-order valence-electron chi connectivity index (χ3n) is 4.48. The van der Waals surface area contributed by atoms with Gasteiger partial charge in [0.05, 0.1) is 0 Å². The van der Waals surface area contributed by atoms with Crippen LogP contribution in [0.25, 0.3) is 11.0 Å². The molecule has 1 aliphatic heterocycles. The van der Waals surface area contributed by atoms with Crippen molar-refractivity contribution in [2.45, 2.75) is 12.8 Å². The monoisotopic (exact) mass is 337 g/mol. The number of fused-ring (bicyclic) bond motifs is 1. The first-order valence-corrected chi connectivity index (χ1v) is 8.40. The second-order valence-corrected chi connectivity index (χ2v) is 6.24. The normalized spacial score (nSPS) is 17.6. The number of aromatic nitrogens is 5. The highest BCUT2D eigenvalue weighted by Crippen LogP contribution is 2.19. The van der Waals surface area contributed by atoms with Gasteiger partial charge in [-0.2, -0.15) is 15.4 Å². The summed E-state index contributed by atoms with van der Waals surface area (Å²) in [7, 11) is 0. The van der Waals surface area contributed by atoms with Gasteiger partial charge in [-0.1, -0.05) is 0 Å². The molecule has 1 fully saturated rings. The van der Waals surface area contributed by atoms with E-state index >= 15 is 0 Å². The third kappa shape index (κ3) is 3.42. The molecule has 1 aromatic carbocycles. The molecule has 4 rings (SSSR count). The van der Waals surface area contributed by atoms with Crippen LogP contribution in [0.4, 0.5) is 5.95 Å². The molecule has 0 bridgehead atoms. The van der Waals surface area contributed by atoms with Crippen LogP contribution in [0.15, 0.2) is 36.7 Å². The van der Waals surface area contributed by atoms with Crippen LogP contribution >= 0.6 is 0 Å². The fourth-order valence-corrected chi connectivity index (χ4v) is 3.19. The lowest BCUT2D eigenvalue weighted by Gasteiger charge is -2.32. The molecule has 0 radical (unpaired) electrons. The molecule has 3 aromatic rings. The molecule has 1 aliphatic rings. The molecule has 8 heteroatoms. The first kappa shape index (κ1) is 15.5. The molecule has 2 aromatic heterocycles. The maximum absolute atomic E-state index is 12.4. The van der Waals surface area contributed by atoms with Gasteiger partial charge in [0.15, 0.2) is 0 Å². The highest BCUT2D eigenvalue weighted by Gasteiger charge is 2.22. The van der Waals surface area contributed by atoms with Gasteiger partial charge < -0.3 is 10.2 Å². The van der Waals surface area contributed by atoms with Crippen molar-refractivity contribution in [3.05, 3.63) is 42.2 Å². The Bertz CT molecular complexity index is 864. The molecule has 1 amide bonds. The Balaban J connectivity index is 1.36. The van der Waals surface area contributed by atoms with Crippen molar-refractivity contribution in [2.24, 2.45) is 5.92 Å². The summed E-state index contributed by atoms with van der Waals surface area (Å²) in [6.45, 7) is 2.45. The summed E-state index contributed by atoms with van der Waals surface area (Å²) in [6, 6.07) is 7.13. The summed E-state index contributed by atoms with van der Waals surface area (Å²) in [5.74, 6) is 1.06. The molecule has 0 aliphatic carbocycles. The van der Waals surface area contributed by atoms with Crippen LogP contribution in [0, 0.1) is 5.92 Å². The summed E-state index contributed by atoms with van der Waals surface area (Å²) in [5, 5.41) is 13.6. The summed E-state index contributed by atoms with van der Waals surface area (Å²) in [6.07, 6.45) is 5.68. The predicted octanol–water partition coefficient (Wildman–Crippen LogP) is 1.39. The van der Waals surface area contributed by atoms with E-state index in [1.165, 1.54) is 0 Å². The number of carbonyl (C=O) groups excluding carboxylic acids is 1. The molecule has 0 saturated carbocycles. The minimum atomic E-state index is -0.0852. The van der Waals surface area contributed by atoms with Crippen LogP contribution in [0.2, 0.25) is 0 Å². The zero-order valence-corrected chi connectivity index (χ0v) is 13.7. The number of benzene rings is 1. The van der Waals surface area contributed by atoms with Crippen LogP contribution in [0.1, 0.15) is 23.2 Å². The molecule has 25 heavy (non-hydrogen) atoms. The van der Waals surface area contributed by atoms with E-state index in [1.807, 2.05) is 6.07 Å². The van der Waals surface area contributed by atoms with E-state index in [0.717, 1.165) is 37.4 Å². The lowest BCUT2D eigenvalue weighted by atomic mass is 9.98. The van der Waals surface area contributed by atoms with Crippen molar-refractivity contribution in [1.29, 1.82) is 0 Å². The number of rotatable bonds is 4. The Hall–Kier alpha value is -3.03. The standard InChI is InChI=1S/C17H19N7O/c25-16(13-4-5-14-15(9-13)22-23-21-14)20-10-12-3-1-8-24(11-12)17-18-6-2-7-19-17/h2,4-7,9,12H,1,3,8,10-11H2,(H,20,25)(H,21,22,23). The number of amides is 1. The smallest absolute Gasteiger partial charge is 0.251 e. The number of hydrogen-bond acceptors (Lipinski definition) is 6. The van der Waals surface area contributed by atoms with Gasteiger partial charge in [-0.3, -0.25) is 4.79 Å².